The molecule has 0 aromatic heterocycles. The van der Waals surface area contributed by atoms with E-state index < -0.39 is 0 Å². The molecule has 2 N–H and O–H groups in total. The lowest BCUT2D eigenvalue weighted by Crippen LogP contribution is -3.19. The summed E-state index contributed by atoms with van der Waals surface area (Å²) in [6.07, 6.45) is 1.05. The first-order chi connectivity index (χ1) is 14.0. The molecule has 5 nitrogen and oxygen atoms in total. The van der Waals surface area contributed by atoms with E-state index in [1.165, 1.54) is 10.5 Å². The highest BCUT2D eigenvalue weighted by Gasteiger charge is 2.30. The Hall–Kier alpha value is -2.53. The fourth-order valence-electron chi connectivity index (χ4n) is 4.05. The second kappa shape index (κ2) is 9.79. The third kappa shape index (κ3) is 4.91. The van der Waals surface area contributed by atoms with E-state index in [-0.39, 0.29) is 11.9 Å². The summed E-state index contributed by atoms with van der Waals surface area (Å²) in [7, 11) is 1.71. The van der Waals surface area contributed by atoms with Crippen LogP contribution in [0.3, 0.4) is 0 Å². The van der Waals surface area contributed by atoms with Crippen molar-refractivity contribution in [3.63, 3.8) is 0 Å². The zero-order chi connectivity index (χ0) is 20.8. The molecule has 2 atom stereocenters. The van der Waals surface area contributed by atoms with Crippen molar-refractivity contribution in [2.24, 2.45) is 0 Å². The van der Waals surface area contributed by atoms with Crippen LogP contribution in [-0.2, 0) is 4.79 Å². The third-order valence-electron chi connectivity index (χ3n) is 6.20. The third-order valence-corrected chi connectivity index (χ3v) is 6.20. The quantitative estimate of drug-likeness (QED) is 0.756. The van der Waals surface area contributed by atoms with Crippen LogP contribution in [0.5, 0.6) is 5.75 Å². The molecule has 0 spiro atoms. The van der Waals surface area contributed by atoms with Gasteiger partial charge < -0.3 is 19.9 Å². The Morgan fingerprint density at radius 3 is 2.45 bits per heavy atom. The standard InChI is InChI=1S/C24H33N3O2/c1-5-18(2)20-10-6-7-11-21(20)25-24(28)19(3)26-14-16-27(17-15-26)22-12-8-9-13-23(22)29-4/h6-13,18-19H,5,14-17H2,1-4H3,(H,25,28)/p+1/t18-,19+/m1/s1. The van der Waals surface area contributed by atoms with Crippen LogP contribution in [0.25, 0.3) is 0 Å². The number of methoxy groups -OCH3 is 1. The highest BCUT2D eigenvalue weighted by Crippen LogP contribution is 2.28. The maximum absolute atomic E-state index is 13.0. The van der Waals surface area contributed by atoms with Gasteiger partial charge >= 0.3 is 0 Å². The number of anilines is 2. The minimum Gasteiger partial charge on any atom is -0.495 e. The monoisotopic (exact) mass is 396 g/mol. The minimum absolute atomic E-state index is 0.0835. The van der Waals surface area contributed by atoms with Gasteiger partial charge in [-0.1, -0.05) is 44.2 Å². The molecule has 0 radical (unpaired) electrons. The number of ether oxygens (including phenoxy) is 1. The van der Waals surface area contributed by atoms with Gasteiger partial charge in [0.25, 0.3) is 5.91 Å². The molecule has 0 saturated carbocycles. The molecule has 5 heteroatoms. The van der Waals surface area contributed by atoms with Gasteiger partial charge in [-0.3, -0.25) is 4.79 Å². The number of benzene rings is 2. The SMILES string of the molecule is CC[C@@H](C)c1ccccc1NC(=O)[C@H](C)[NH+]1CCN(c2ccccc2OC)CC1. The smallest absolute Gasteiger partial charge is 0.282 e. The zero-order valence-electron chi connectivity index (χ0n) is 18.1. The average Bonchev–Trinajstić information content (AvgIpc) is 2.78. The molecular weight excluding hydrogens is 362 g/mol. The molecule has 1 fully saturated rings. The largest absolute Gasteiger partial charge is 0.495 e. The maximum atomic E-state index is 13.0. The van der Waals surface area contributed by atoms with Crippen LogP contribution in [0.4, 0.5) is 11.4 Å². The summed E-state index contributed by atoms with van der Waals surface area (Å²) in [4.78, 5) is 16.6. The topological polar surface area (TPSA) is 46.0 Å². The van der Waals surface area contributed by atoms with Crippen molar-refractivity contribution >= 4 is 17.3 Å². The number of nitrogens with one attached hydrogen (secondary N) is 2. The normalized spacial score (nSPS) is 16.9. The number of hydrogen-bond donors (Lipinski definition) is 2. The lowest BCUT2D eigenvalue weighted by Gasteiger charge is -2.36. The fraction of sp³-hybridized carbons (Fsp3) is 0.458. The Labute approximate surface area is 174 Å². The molecule has 0 bridgehead atoms. The van der Waals surface area contributed by atoms with Crippen molar-refractivity contribution in [1.29, 1.82) is 0 Å². The van der Waals surface area contributed by atoms with Crippen molar-refractivity contribution in [3.8, 4) is 5.75 Å². The molecule has 2 aromatic rings. The number of carbonyl (C=O) groups is 1. The fourth-order valence-corrected chi connectivity index (χ4v) is 4.05. The van der Waals surface area contributed by atoms with E-state index in [2.05, 4.69) is 36.2 Å². The van der Waals surface area contributed by atoms with Crippen LogP contribution in [0, 0.1) is 0 Å². The molecule has 1 aliphatic heterocycles. The zero-order valence-corrected chi connectivity index (χ0v) is 18.1. The first-order valence-electron chi connectivity index (χ1n) is 10.7. The number of para-hydroxylation sites is 3. The predicted octanol–water partition coefficient (Wildman–Crippen LogP) is 2.94. The number of quaternary nitrogens is 1. The molecule has 1 saturated heterocycles. The van der Waals surface area contributed by atoms with Crippen LogP contribution in [0.1, 0.15) is 38.7 Å². The van der Waals surface area contributed by atoms with E-state index in [9.17, 15) is 4.79 Å². The molecule has 156 valence electrons. The van der Waals surface area contributed by atoms with Crippen LogP contribution in [0.2, 0.25) is 0 Å². The first-order valence-corrected chi connectivity index (χ1v) is 10.7. The van der Waals surface area contributed by atoms with E-state index in [0.717, 1.165) is 49.7 Å². The second-order valence-electron chi connectivity index (χ2n) is 7.92. The lowest BCUT2D eigenvalue weighted by molar-refractivity contribution is -0.914. The highest BCUT2D eigenvalue weighted by atomic mass is 16.5. The Morgan fingerprint density at radius 1 is 1.10 bits per heavy atom. The summed E-state index contributed by atoms with van der Waals surface area (Å²) < 4.78 is 5.50. The Balaban J connectivity index is 1.61. The van der Waals surface area contributed by atoms with Gasteiger partial charge in [-0.15, -0.1) is 0 Å². The molecule has 0 unspecified atom stereocenters. The Bertz CT molecular complexity index is 815. The van der Waals surface area contributed by atoms with Crippen molar-refractivity contribution < 1.29 is 14.4 Å². The van der Waals surface area contributed by atoms with Crippen molar-refractivity contribution in [2.45, 2.75) is 39.2 Å². The van der Waals surface area contributed by atoms with Gasteiger partial charge in [-0.2, -0.15) is 0 Å². The number of piperazine rings is 1. The Kier molecular flexibility index (Phi) is 7.15. The lowest BCUT2D eigenvalue weighted by atomic mass is 9.97. The number of rotatable bonds is 7. The molecule has 29 heavy (non-hydrogen) atoms. The molecule has 1 heterocycles. The summed E-state index contributed by atoms with van der Waals surface area (Å²) in [5, 5.41) is 3.19. The predicted molar refractivity (Wildman–Crippen MR) is 119 cm³/mol. The van der Waals surface area contributed by atoms with Gasteiger partial charge in [0.2, 0.25) is 0 Å². The van der Waals surface area contributed by atoms with Crippen LogP contribution in [0.15, 0.2) is 48.5 Å². The number of hydrogen-bond acceptors (Lipinski definition) is 3. The Morgan fingerprint density at radius 2 is 1.76 bits per heavy atom. The molecule has 1 aliphatic rings. The van der Waals surface area contributed by atoms with Gasteiger partial charge in [0.15, 0.2) is 6.04 Å². The van der Waals surface area contributed by atoms with Gasteiger partial charge in [-0.05, 0) is 43.0 Å². The average molecular weight is 397 g/mol. The number of carbonyl (C=O) groups excluding carboxylic acids is 1. The van der Waals surface area contributed by atoms with Gasteiger partial charge in [-0.25, -0.2) is 0 Å². The van der Waals surface area contributed by atoms with Crippen molar-refractivity contribution in [2.75, 3.05) is 43.5 Å². The minimum atomic E-state index is -0.0835. The van der Waals surface area contributed by atoms with E-state index in [1.54, 1.807) is 7.11 Å². The summed E-state index contributed by atoms with van der Waals surface area (Å²) in [6.45, 7) is 10.1. The highest BCUT2D eigenvalue weighted by molar-refractivity contribution is 5.94. The van der Waals surface area contributed by atoms with E-state index in [1.807, 2.05) is 43.3 Å². The van der Waals surface area contributed by atoms with Crippen molar-refractivity contribution in [3.05, 3.63) is 54.1 Å². The summed E-state index contributed by atoms with van der Waals surface area (Å²) >= 11 is 0. The number of amides is 1. The maximum Gasteiger partial charge on any atom is 0.282 e. The van der Waals surface area contributed by atoms with Gasteiger partial charge in [0.05, 0.1) is 39.0 Å². The van der Waals surface area contributed by atoms with E-state index in [4.69, 9.17) is 4.74 Å². The summed E-state index contributed by atoms with van der Waals surface area (Å²) in [6, 6.07) is 16.2. The van der Waals surface area contributed by atoms with E-state index >= 15 is 0 Å². The molecule has 3 rings (SSSR count). The summed E-state index contributed by atoms with van der Waals surface area (Å²) in [5.74, 6) is 1.43. The molecule has 2 aromatic carbocycles. The van der Waals surface area contributed by atoms with Gasteiger partial charge in [0, 0.05) is 5.69 Å². The van der Waals surface area contributed by atoms with Crippen molar-refractivity contribution in [1.82, 2.24) is 0 Å². The van der Waals surface area contributed by atoms with E-state index in [0.29, 0.717) is 5.92 Å². The van der Waals surface area contributed by atoms with Crippen LogP contribution >= 0.6 is 0 Å². The van der Waals surface area contributed by atoms with Gasteiger partial charge in [0.1, 0.15) is 5.75 Å². The molecule has 0 aliphatic carbocycles. The molecular formula is C24H34N3O2+. The van der Waals surface area contributed by atoms with Crippen LogP contribution < -0.4 is 19.9 Å². The summed E-state index contributed by atoms with van der Waals surface area (Å²) in [5.41, 5.74) is 3.30. The molecule has 1 amide bonds. The van der Waals surface area contributed by atoms with Crippen LogP contribution in [-0.4, -0.2) is 45.2 Å². The first kappa shape index (κ1) is 21.2. The second-order valence-corrected chi connectivity index (χ2v) is 7.92. The number of nitrogens with zero attached hydrogens (tertiary/aromatic N) is 1.